The molecule has 7 heteroatoms. The van der Waals surface area contributed by atoms with Crippen molar-refractivity contribution in [1.29, 1.82) is 0 Å². The number of amides is 2. The highest BCUT2D eigenvalue weighted by Crippen LogP contribution is 2.13. The van der Waals surface area contributed by atoms with Gasteiger partial charge < -0.3 is 19.5 Å². The summed E-state index contributed by atoms with van der Waals surface area (Å²) in [6.45, 7) is 1.36. The number of hydrogen-bond donors (Lipinski definition) is 1. The molecule has 0 spiro atoms. The Kier molecular flexibility index (Phi) is 7.42. The number of rotatable bonds is 9. The summed E-state index contributed by atoms with van der Waals surface area (Å²) in [6, 6.07) is 7.39. The third-order valence-corrected chi connectivity index (χ3v) is 3.74. The van der Waals surface area contributed by atoms with Gasteiger partial charge in [-0.15, -0.1) is 0 Å². The van der Waals surface area contributed by atoms with Crippen molar-refractivity contribution in [2.75, 3.05) is 27.2 Å². The normalized spacial score (nSPS) is 10.7. The molecule has 0 saturated carbocycles. The summed E-state index contributed by atoms with van der Waals surface area (Å²) in [5, 5.41) is 2.81. The highest BCUT2D eigenvalue weighted by molar-refractivity contribution is 5.94. The number of aromatic nitrogens is 2. The fourth-order valence-corrected chi connectivity index (χ4v) is 2.30. The van der Waals surface area contributed by atoms with E-state index in [0.29, 0.717) is 6.54 Å². The molecule has 0 aliphatic heterocycles. The molecular weight excluding hydrogens is 332 g/mol. The minimum absolute atomic E-state index is 0.0202. The van der Waals surface area contributed by atoms with Gasteiger partial charge in [-0.05, 0) is 30.2 Å². The fourth-order valence-electron chi connectivity index (χ4n) is 2.30. The summed E-state index contributed by atoms with van der Waals surface area (Å²) >= 11 is 0. The number of hydrogen-bond acceptors (Lipinski definition) is 4. The van der Waals surface area contributed by atoms with Crippen LogP contribution in [0.4, 0.5) is 0 Å². The van der Waals surface area contributed by atoms with E-state index in [9.17, 15) is 9.59 Å². The molecule has 0 radical (unpaired) electrons. The molecule has 0 aliphatic rings. The molecule has 0 aliphatic carbocycles. The van der Waals surface area contributed by atoms with Gasteiger partial charge >= 0.3 is 0 Å². The lowest BCUT2D eigenvalue weighted by atomic mass is 10.2. The highest BCUT2D eigenvalue weighted by Gasteiger charge is 2.10. The number of likely N-dealkylation sites (N-methyl/N-ethyl adjacent to an activating group) is 1. The van der Waals surface area contributed by atoms with Crippen molar-refractivity contribution < 1.29 is 14.3 Å². The van der Waals surface area contributed by atoms with E-state index >= 15 is 0 Å². The molecule has 2 aromatic rings. The number of aryl methyl sites for hydroxylation is 1. The zero-order chi connectivity index (χ0) is 18.8. The third kappa shape index (κ3) is 6.43. The van der Waals surface area contributed by atoms with Gasteiger partial charge in [0, 0.05) is 38.6 Å². The molecule has 2 amide bonds. The van der Waals surface area contributed by atoms with Crippen LogP contribution in [0.15, 0.2) is 49.1 Å². The van der Waals surface area contributed by atoms with Gasteiger partial charge in [0.1, 0.15) is 5.75 Å². The first-order valence-electron chi connectivity index (χ1n) is 8.38. The molecule has 0 unspecified atom stereocenters. The van der Waals surface area contributed by atoms with Crippen molar-refractivity contribution in [2.24, 2.45) is 0 Å². The van der Waals surface area contributed by atoms with Crippen LogP contribution >= 0.6 is 0 Å². The molecule has 2 rings (SSSR count). The van der Waals surface area contributed by atoms with E-state index in [4.69, 9.17) is 4.74 Å². The first-order chi connectivity index (χ1) is 12.6. The summed E-state index contributed by atoms with van der Waals surface area (Å²) in [6.07, 6.45) is 9.28. The number of benzene rings is 1. The minimum Gasteiger partial charge on any atom is -0.497 e. The molecular formula is C19H24N4O3. The van der Waals surface area contributed by atoms with Gasteiger partial charge in [-0.3, -0.25) is 9.59 Å². The Balaban J connectivity index is 1.71. The number of nitrogens with zero attached hydrogens (tertiary/aromatic N) is 3. The lowest BCUT2D eigenvalue weighted by Gasteiger charge is -2.15. The molecule has 138 valence electrons. The van der Waals surface area contributed by atoms with Gasteiger partial charge in [-0.2, -0.15) is 0 Å². The lowest BCUT2D eigenvalue weighted by molar-refractivity contribution is -0.131. The van der Waals surface area contributed by atoms with Gasteiger partial charge in [0.25, 0.3) is 0 Å². The van der Waals surface area contributed by atoms with Gasteiger partial charge in [-0.25, -0.2) is 4.98 Å². The van der Waals surface area contributed by atoms with Crippen LogP contribution in [0.1, 0.15) is 12.0 Å². The Morgan fingerprint density at radius 3 is 2.96 bits per heavy atom. The average Bonchev–Trinajstić information content (AvgIpc) is 3.17. The maximum absolute atomic E-state index is 12.1. The summed E-state index contributed by atoms with van der Waals surface area (Å²) in [5.41, 5.74) is 0.857. The van der Waals surface area contributed by atoms with E-state index in [1.165, 1.54) is 11.0 Å². The number of imidazole rings is 1. The summed E-state index contributed by atoms with van der Waals surface area (Å²) < 4.78 is 7.09. The van der Waals surface area contributed by atoms with Crippen LogP contribution in [0.2, 0.25) is 0 Å². The van der Waals surface area contributed by atoms with Crippen LogP contribution in [0.5, 0.6) is 5.75 Å². The SMILES string of the molecule is COc1cccc(/C=C/C(=O)N(C)CC(=O)NCCCn2ccnc2)c1. The number of methoxy groups -OCH3 is 1. The molecule has 0 atom stereocenters. The molecule has 1 aromatic heterocycles. The summed E-state index contributed by atoms with van der Waals surface area (Å²) in [4.78, 5) is 29.4. The molecule has 0 fully saturated rings. The zero-order valence-electron chi connectivity index (χ0n) is 15.1. The van der Waals surface area contributed by atoms with Crippen LogP contribution in [0.3, 0.4) is 0 Å². The Labute approximate surface area is 153 Å². The van der Waals surface area contributed by atoms with E-state index < -0.39 is 0 Å². The van der Waals surface area contributed by atoms with Gasteiger partial charge in [0.2, 0.25) is 11.8 Å². The molecule has 1 aromatic carbocycles. The smallest absolute Gasteiger partial charge is 0.246 e. The van der Waals surface area contributed by atoms with Crippen molar-refractivity contribution in [2.45, 2.75) is 13.0 Å². The molecule has 0 bridgehead atoms. The highest BCUT2D eigenvalue weighted by atomic mass is 16.5. The molecule has 26 heavy (non-hydrogen) atoms. The van der Waals surface area contributed by atoms with Gasteiger partial charge in [0.05, 0.1) is 20.0 Å². The van der Waals surface area contributed by atoms with Crippen LogP contribution in [-0.4, -0.2) is 53.5 Å². The Morgan fingerprint density at radius 2 is 2.23 bits per heavy atom. The molecule has 0 saturated heterocycles. The second kappa shape index (κ2) is 10.0. The first kappa shape index (κ1) is 19.2. The fraction of sp³-hybridized carbons (Fsp3) is 0.316. The standard InChI is InChI=1S/C19H24N4O3/c1-22(14-18(24)21-9-4-11-23-12-10-20-15-23)19(25)8-7-16-5-3-6-17(13-16)26-2/h3,5-8,10,12-13,15H,4,9,11,14H2,1-2H3,(H,21,24)/b8-7+. The Hall–Kier alpha value is -3.09. The predicted octanol–water partition coefficient (Wildman–Crippen LogP) is 1.57. The second-order valence-corrected chi connectivity index (χ2v) is 5.81. The van der Waals surface area contributed by atoms with Gasteiger partial charge in [-0.1, -0.05) is 12.1 Å². The third-order valence-electron chi connectivity index (χ3n) is 3.74. The maximum atomic E-state index is 12.1. The van der Waals surface area contributed by atoms with Crippen molar-refractivity contribution in [3.63, 3.8) is 0 Å². The van der Waals surface area contributed by atoms with Crippen LogP contribution in [-0.2, 0) is 16.1 Å². The van der Waals surface area contributed by atoms with Crippen LogP contribution in [0.25, 0.3) is 6.08 Å². The quantitative estimate of drug-likeness (QED) is 0.547. The van der Waals surface area contributed by atoms with E-state index in [0.717, 1.165) is 24.3 Å². The molecule has 1 N–H and O–H groups in total. The van der Waals surface area contributed by atoms with E-state index in [-0.39, 0.29) is 18.4 Å². The average molecular weight is 356 g/mol. The van der Waals surface area contributed by atoms with E-state index in [1.54, 1.807) is 32.8 Å². The molecule has 1 heterocycles. The number of carbonyl (C=O) groups is 2. The Morgan fingerprint density at radius 1 is 1.38 bits per heavy atom. The van der Waals surface area contributed by atoms with E-state index in [1.807, 2.05) is 35.0 Å². The minimum atomic E-state index is -0.235. The van der Waals surface area contributed by atoms with Crippen LogP contribution < -0.4 is 10.1 Å². The summed E-state index contributed by atoms with van der Waals surface area (Å²) in [7, 11) is 3.19. The van der Waals surface area contributed by atoms with Crippen molar-refractivity contribution in [1.82, 2.24) is 19.8 Å². The Bertz CT molecular complexity index is 741. The van der Waals surface area contributed by atoms with Crippen molar-refractivity contribution >= 4 is 17.9 Å². The monoisotopic (exact) mass is 356 g/mol. The maximum Gasteiger partial charge on any atom is 0.246 e. The topological polar surface area (TPSA) is 76.5 Å². The van der Waals surface area contributed by atoms with Crippen molar-refractivity contribution in [3.05, 3.63) is 54.6 Å². The van der Waals surface area contributed by atoms with Crippen LogP contribution in [0, 0.1) is 0 Å². The number of nitrogens with one attached hydrogen (secondary N) is 1. The van der Waals surface area contributed by atoms with E-state index in [2.05, 4.69) is 10.3 Å². The van der Waals surface area contributed by atoms with Crippen molar-refractivity contribution in [3.8, 4) is 5.75 Å². The lowest BCUT2D eigenvalue weighted by Crippen LogP contribution is -2.38. The molecule has 7 nitrogen and oxygen atoms in total. The number of ether oxygens (including phenoxy) is 1. The zero-order valence-corrected chi connectivity index (χ0v) is 15.1. The predicted molar refractivity (Wildman–Crippen MR) is 99.5 cm³/mol. The first-order valence-corrected chi connectivity index (χ1v) is 8.38. The largest absolute Gasteiger partial charge is 0.497 e. The summed E-state index contributed by atoms with van der Waals surface area (Å²) in [5.74, 6) is 0.311. The second-order valence-electron chi connectivity index (χ2n) is 5.81. The van der Waals surface area contributed by atoms with Gasteiger partial charge in [0.15, 0.2) is 0 Å². The number of carbonyl (C=O) groups excluding carboxylic acids is 2.